The lowest BCUT2D eigenvalue weighted by Gasteiger charge is -2.08. The summed E-state index contributed by atoms with van der Waals surface area (Å²) < 4.78 is 29.2. The van der Waals surface area contributed by atoms with Gasteiger partial charge in [-0.1, -0.05) is 31.5 Å². The lowest BCUT2D eigenvalue weighted by Crippen LogP contribution is -2.16. The smallest absolute Gasteiger partial charge is 0.410 e. The van der Waals surface area contributed by atoms with Crippen LogP contribution in [0.15, 0.2) is 59.5 Å². The van der Waals surface area contributed by atoms with E-state index >= 15 is 0 Å². The molecular weight excluding hydrogens is 314 g/mol. The summed E-state index contributed by atoms with van der Waals surface area (Å²) in [6.45, 7) is 1.95. The first-order valence-electron chi connectivity index (χ1n) is 7.38. The van der Waals surface area contributed by atoms with E-state index in [-0.39, 0.29) is 10.6 Å². The number of anilines is 1. The SMILES string of the molecule is CCCCS(=O)(=O)c1ccc(NC(=O)Oc2ccccc2)cc1. The van der Waals surface area contributed by atoms with E-state index in [1.807, 2.05) is 13.0 Å². The summed E-state index contributed by atoms with van der Waals surface area (Å²) in [5.41, 5.74) is 0.473. The molecule has 2 rings (SSSR count). The first kappa shape index (κ1) is 17.0. The Kier molecular flexibility index (Phi) is 5.76. The van der Waals surface area contributed by atoms with Crippen molar-refractivity contribution >= 4 is 21.6 Å². The quantitative estimate of drug-likeness (QED) is 0.871. The Balaban J connectivity index is 1.98. The Morgan fingerprint density at radius 1 is 1.04 bits per heavy atom. The van der Waals surface area contributed by atoms with Crippen LogP contribution in [-0.2, 0) is 9.84 Å². The normalized spacial score (nSPS) is 11.0. The number of hydrogen-bond acceptors (Lipinski definition) is 4. The molecule has 0 radical (unpaired) electrons. The zero-order valence-electron chi connectivity index (χ0n) is 12.9. The van der Waals surface area contributed by atoms with Gasteiger partial charge < -0.3 is 4.74 Å². The van der Waals surface area contributed by atoms with Crippen LogP contribution in [0, 0.1) is 0 Å². The van der Waals surface area contributed by atoms with Crippen molar-refractivity contribution in [2.75, 3.05) is 11.1 Å². The number of para-hydroxylation sites is 1. The number of sulfone groups is 1. The van der Waals surface area contributed by atoms with E-state index in [4.69, 9.17) is 4.74 Å². The predicted octanol–water partition coefficient (Wildman–Crippen LogP) is 3.87. The number of rotatable bonds is 6. The highest BCUT2D eigenvalue weighted by atomic mass is 32.2. The molecule has 5 nitrogen and oxygen atoms in total. The standard InChI is InChI=1S/C17H19NO4S/c1-2-3-13-23(20,21)16-11-9-14(10-12-16)18-17(19)22-15-7-5-4-6-8-15/h4-12H,2-3,13H2,1H3,(H,18,19). The van der Waals surface area contributed by atoms with Crippen molar-refractivity contribution in [3.8, 4) is 5.75 Å². The molecule has 0 aromatic heterocycles. The summed E-state index contributed by atoms with van der Waals surface area (Å²) in [6.07, 6.45) is 0.827. The molecule has 0 unspecified atom stereocenters. The molecule has 0 saturated carbocycles. The molecule has 0 aliphatic carbocycles. The predicted molar refractivity (Wildman–Crippen MR) is 89.5 cm³/mol. The van der Waals surface area contributed by atoms with Crippen molar-refractivity contribution in [1.82, 2.24) is 0 Å². The molecule has 0 aliphatic rings. The fourth-order valence-electron chi connectivity index (χ4n) is 1.94. The molecule has 0 atom stereocenters. The average Bonchev–Trinajstić information content (AvgIpc) is 2.54. The van der Waals surface area contributed by atoms with Crippen molar-refractivity contribution < 1.29 is 17.9 Å². The molecule has 2 aromatic carbocycles. The Bertz CT molecular complexity index is 740. The van der Waals surface area contributed by atoms with Crippen LogP contribution in [-0.4, -0.2) is 20.3 Å². The van der Waals surface area contributed by atoms with Crippen LogP contribution in [0.2, 0.25) is 0 Å². The zero-order valence-corrected chi connectivity index (χ0v) is 13.7. The highest BCUT2D eigenvalue weighted by Crippen LogP contribution is 2.17. The molecule has 1 N–H and O–H groups in total. The van der Waals surface area contributed by atoms with Crippen LogP contribution in [0.4, 0.5) is 10.5 Å². The number of nitrogens with one attached hydrogen (secondary N) is 1. The van der Waals surface area contributed by atoms with Crippen molar-refractivity contribution in [2.45, 2.75) is 24.7 Å². The van der Waals surface area contributed by atoms with E-state index in [1.54, 1.807) is 36.4 Å². The van der Waals surface area contributed by atoms with Gasteiger partial charge in [0, 0.05) is 5.69 Å². The Morgan fingerprint density at radius 2 is 1.70 bits per heavy atom. The lowest BCUT2D eigenvalue weighted by molar-refractivity contribution is 0.215. The summed E-state index contributed by atoms with van der Waals surface area (Å²) in [7, 11) is -3.26. The van der Waals surface area contributed by atoms with Crippen LogP contribution in [0.1, 0.15) is 19.8 Å². The lowest BCUT2D eigenvalue weighted by atomic mass is 10.3. The van der Waals surface area contributed by atoms with Gasteiger partial charge in [0.1, 0.15) is 5.75 Å². The molecule has 1 amide bonds. The maximum atomic E-state index is 12.1. The van der Waals surface area contributed by atoms with Gasteiger partial charge in [-0.15, -0.1) is 0 Å². The summed E-state index contributed by atoms with van der Waals surface area (Å²) in [6, 6.07) is 14.8. The molecule has 2 aromatic rings. The third-order valence-electron chi connectivity index (χ3n) is 3.18. The van der Waals surface area contributed by atoms with Gasteiger partial charge in [-0.2, -0.15) is 0 Å². The Hall–Kier alpha value is -2.34. The second-order valence-corrected chi connectivity index (χ2v) is 7.13. The molecule has 0 spiro atoms. The number of carbonyl (C=O) groups excluding carboxylic acids is 1. The highest BCUT2D eigenvalue weighted by Gasteiger charge is 2.13. The van der Waals surface area contributed by atoms with Gasteiger partial charge in [0.25, 0.3) is 0 Å². The first-order chi connectivity index (χ1) is 11.0. The summed E-state index contributed by atoms with van der Waals surface area (Å²) in [5, 5.41) is 2.56. The van der Waals surface area contributed by atoms with Crippen LogP contribution < -0.4 is 10.1 Å². The topological polar surface area (TPSA) is 72.5 Å². The van der Waals surface area contributed by atoms with Crippen molar-refractivity contribution in [3.05, 3.63) is 54.6 Å². The van der Waals surface area contributed by atoms with Crippen molar-refractivity contribution in [2.24, 2.45) is 0 Å². The number of unbranched alkanes of at least 4 members (excludes halogenated alkanes) is 1. The van der Waals surface area contributed by atoms with Gasteiger partial charge in [-0.3, -0.25) is 5.32 Å². The van der Waals surface area contributed by atoms with Gasteiger partial charge in [0.15, 0.2) is 9.84 Å². The average molecular weight is 333 g/mol. The van der Waals surface area contributed by atoms with E-state index in [0.717, 1.165) is 6.42 Å². The number of benzene rings is 2. The van der Waals surface area contributed by atoms with Gasteiger partial charge in [0.05, 0.1) is 10.6 Å². The minimum absolute atomic E-state index is 0.131. The van der Waals surface area contributed by atoms with Crippen LogP contribution in [0.25, 0.3) is 0 Å². The molecule has 0 aliphatic heterocycles. The number of carbonyl (C=O) groups is 1. The summed E-state index contributed by atoms with van der Waals surface area (Å²) in [4.78, 5) is 12.0. The van der Waals surface area contributed by atoms with Gasteiger partial charge in [-0.05, 0) is 42.8 Å². The second kappa shape index (κ2) is 7.78. The van der Waals surface area contributed by atoms with Crippen LogP contribution >= 0.6 is 0 Å². The fraction of sp³-hybridized carbons (Fsp3) is 0.235. The monoisotopic (exact) mass is 333 g/mol. The van der Waals surface area contributed by atoms with Gasteiger partial charge >= 0.3 is 6.09 Å². The maximum absolute atomic E-state index is 12.1. The maximum Gasteiger partial charge on any atom is 0.417 e. The highest BCUT2D eigenvalue weighted by molar-refractivity contribution is 7.91. The number of ether oxygens (including phenoxy) is 1. The molecule has 122 valence electrons. The molecule has 0 bridgehead atoms. The minimum Gasteiger partial charge on any atom is -0.410 e. The molecule has 0 fully saturated rings. The largest absolute Gasteiger partial charge is 0.417 e. The Morgan fingerprint density at radius 3 is 2.30 bits per heavy atom. The van der Waals surface area contributed by atoms with Crippen molar-refractivity contribution in [1.29, 1.82) is 0 Å². The first-order valence-corrected chi connectivity index (χ1v) is 9.03. The van der Waals surface area contributed by atoms with E-state index in [0.29, 0.717) is 17.9 Å². The minimum atomic E-state index is -3.26. The molecule has 0 heterocycles. The number of amides is 1. The van der Waals surface area contributed by atoms with Gasteiger partial charge in [-0.25, -0.2) is 13.2 Å². The van der Waals surface area contributed by atoms with Gasteiger partial charge in [0.2, 0.25) is 0 Å². The summed E-state index contributed by atoms with van der Waals surface area (Å²) >= 11 is 0. The fourth-order valence-corrected chi connectivity index (χ4v) is 3.39. The van der Waals surface area contributed by atoms with E-state index < -0.39 is 15.9 Å². The van der Waals surface area contributed by atoms with E-state index in [9.17, 15) is 13.2 Å². The van der Waals surface area contributed by atoms with Crippen LogP contribution in [0.5, 0.6) is 5.75 Å². The zero-order chi connectivity index (χ0) is 16.7. The second-order valence-electron chi connectivity index (χ2n) is 5.02. The van der Waals surface area contributed by atoms with E-state index in [2.05, 4.69) is 5.32 Å². The third kappa shape index (κ3) is 5.10. The molecule has 23 heavy (non-hydrogen) atoms. The molecule has 0 saturated heterocycles. The molecular formula is C17H19NO4S. The molecule has 6 heteroatoms. The number of hydrogen-bond donors (Lipinski definition) is 1. The summed E-state index contributed by atoms with van der Waals surface area (Å²) in [5.74, 6) is 0.565. The van der Waals surface area contributed by atoms with E-state index in [1.165, 1.54) is 12.1 Å². The van der Waals surface area contributed by atoms with Crippen molar-refractivity contribution in [3.63, 3.8) is 0 Å². The third-order valence-corrected chi connectivity index (χ3v) is 5.00. The Labute approximate surface area is 136 Å². The van der Waals surface area contributed by atoms with Crippen LogP contribution in [0.3, 0.4) is 0 Å².